The molecule has 1 aromatic carbocycles. The molecule has 0 atom stereocenters. The van der Waals surface area contributed by atoms with Gasteiger partial charge in [-0.3, -0.25) is 14.4 Å². The van der Waals surface area contributed by atoms with Crippen LogP contribution in [0.5, 0.6) is 11.8 Å². The van der Waals surface area contributed by atoms with E-state index in [0.717, 1.165) is 11.1 Å². The van der Waals surface area contributed by atoms with Gasteiger partial charge in [-0.25, -0.2) is 0 Å². The second-order valence-electron chi connectivity index (χ2n) is 9.29. The number of halogens is 2. The van der Waals surface area contributed by atoms with Gasteiger partial charge in [0, 0.05) is 13.1 Å². The molecule has 1 aliphatic carbocycles. The normalized spacial score (nSPS) is 21.3. The first kappa shape index (κ1) is 27.8. The van der Waals surface area contributed by atoms with Crippen LogP contribution in [0.3, 0.4) is 0 Å². The minimum absolute atomic E-state index is 0.0401. The number of methoxy groups -OCH3 is 1. The molecule has 9 nitrogen and oxygen atoms in total. The minimum Gasteiger partial charge on any atom is -0.481 e. The summed E-state index contributed by atoms with van der Waals surface area (Å²) < 4.78 is 35.7. The summed E-state index contributed by atoms with van der Waals surface area (Å²) >= 11 is 0. The van der Waals surface area contributed by atoms with Gasteiger partial charge in [0.25, 0.3) is 0 Å². The van der Waals surface area contributed by atoms with Crippen LogP contribution in [-0.2, 0) is 19.8 Å². The van der Waals surface area contributed by atoms with E-state index in [2.05, 4.69) is 25.7 Å². The van der Waals surface area contributed by atoms with Crippen molar-refractivity contribution in [2.45, 2.75) is 63.0 Å². The molecule has 0 unspecified atom stereocenters. The Labute approximate surface area is 214 Å². The van der Waals surface area contributed by atoms with Crippen LogP contribution < -0.4 is 25.4 Å². The van der Waals surface area contributed by atoms with Crippen LogP contribution in [-0.4, -0.2) is 49.5 Å². The average Bonchev–Trinajstić information content (AvgIpc) is 2.89. The fourth-order valence-electron chi connectivity index (χ4n) is 5.00. The van der Waals surface area contributed by atoms with Crippen molar-refractivity contribution in [2.24, 2.45) is 0 Å². The lowest BCUT2D eigenvalue weighted by Crippen LogP contribution is -2.60. The fourth-order valence-corrected chi connectivity index (χ4v) is 5.00. The van der Waals surface area contributed by atoms with Crippen molar-refractivity contribution in [3.05, 3.63) is 47.5 Å². The van der Waals surface area contributed by atoms with Crippen LogP contribution >= 0.6 is 0 Å². The molecule has 200 valence electrons. The molecule has 1 heterocycles. The largest absolute Gasteiger partial charge is 0.481 e. The zero-order chi connectivity index (χ0) is 27.2. The zero-order valence-corrected chi connectivity index (χ0v) is 21.3. The average molecular weight is 519 g/mol. The molecule has 0 saturated heterocycles. The number of carbonyl (C=O) groups is 3. The number of pyridine rings is 1. The number of likely N-dealkylation sites (N-methyl/N-ethyl adjacent to an activating group) is 1. The van der Waals surface area contributed by atoms with E-state index in [1.807, 2.05) is 38.1 Å². The number of carbonyl (C=O) groups excluding carboxylic acids is 3. The van der Waals surface area contributed by atoms with Crippen LogP contribution in [0.2, 0.25) is 0 Å². The molecule has 0 aliphatic heterocycles. The second-order valence-corrected chi connectivity index (χ2v) is 9.29. The Morgan fingerprint density at radius 1 is 1.05 bits per heavy atom. The van der Waals surface area contributed by atoms with Gasteiger partial charge in [0.05, 0.1) is 12.5 Å². The first-order chi connectivity index (χ1) is 17.6. The van der Waals surface area contributed by atoms with Crippen molar-refractivity contribution >= 4 is 23.9 Å². The molecule has 0 radical (unpaired) electrons. The molecule has 1 saturated carbocycles. The van der Waals surface area contributed by atoms with Crippen molar-refractivity contribution in [2.75, 3.05) is 19.5 Å². The van der Waals surface area contributed by atoms with E-state index in [1.54, 1.807) is 0 Å². The highest BCUT2D eigenvalue weighted by atomic mass is 19.3. The van der Waals surface area contributed by atoms with Crippen molar-refractivity contribution in [3.63, 3.8) is 0 Å². The van der Waals surface area contributed by atoms with E-state index in [0.29, 0.717) is 6.41 Å². The smallest absolute Gasteiger partial charge is 0.388 e. The Hall–Kier alpha value is -3.76. The van der Waals surface area contributed by atoms with Crippen molar-refractivity contribution in [1.82, 2.24) is 15.6 Å². The fraction of sp³-hybridized carbons (Fsp3) is 0.462. The molecular formula is C26H32F2N4O5. The Kier molecular flexibility index (Phi) is 8.67. The highest BCUT2D eigenvalue weighted by Crippen LogP contribution is 2.46. The van der Waals surface area contributed by atoms with E-state index in [9.17, 15) is 23.2 Å². The summed E-state index contributed by atoms with van der Waals surface area (Å²) in [6.45, 7) is 0.860. The Morgan fingerprint density at radius 3 is 2.30 bits per heavy atom. The first-order valence-corrected chi connectivity index (χ1v) is 12.0. The van der Waals surface area contributed by atoms with Crippen LogP contribution in [0.4, 0.5) is 14.5 Å². The van der Waals surface area contributed by atoms with E-state index in [1.165, 1.54) is 26.3 Å². The van der Waals surface area contributed by atoms with E-state index >= 15 is 0 Å². The third-order valence-electron chi connectivity index (χ3n) is 6.98. The molecule has 1 aliphatic rings. The Balaban J connectivity index is 2.08. The van der Waals surface area contributed by atoms with Gasteiger partial charge in [-0.2, -0.15) is 13.8 Å². The first-order valence-electron chi connectivity index (χ1n) is 12.0. The van der Waals surface area contributed by atoms with Gasteiger partial charge in [-0.15, -0.1) is 0 Å². The zero-order valence-electron chi connectivity index (χ0n) is 21.3. The quantitative estimate of drug-likeness (QED) is 0.415. The topological polar surface area (TPSA) is 119 Å². The van der Waals surface area contributed by atoms with Gasteiger partial charge >= 0.3 is 6.61 Å². The van der Waals surface area contributed by atoms with Crippen molar-refractivity contribution in [1.29, 1.82) is 0 Å². The van der Waals surface area contributed by atoms with Crippen LogP contribution in [0.1, 0.15) is 56.6 Å². The molecular weight excluding hydrogens is 486 g/mol. The third kappa shape index (κ3) is 5.65. The number of hydrogen-bond acceptors (Lipinski definition) is 6. The molecule has 3 amide bonds. The summed E-state index contributed by atoms with van der Waals surface area (Å²) in [5.74, 6) is -1.16. The summed E-state index contributed by atoms with van der Waals surface area (Å²) in [4.78, 5) is 42.1. The number of amides is 3. The minimum atomic E-state index is -3.16. The number of aromatic nitrogens is 1. The highest BCUT2D eigenvalue weighted by Gasteiger charge is 2.51. The van der Waals surface area contributed by atoms with Gasteiger partial charge < -0.3 is 25.4 Å². The molecule has 11 heteroatoms. The maximum absolute atomic E-state index is 14.1. The SMILES string of the molecule is CNC(=O)C1(NC=O)CCC(C(=O)Nc2ccc(OC)nc2OC(F)F)(c2ccccc2C(C)C)CC1. The summed E-state index contributed by atoms with van der Waals surface area (Å²) in [6.07, 6.45) is 1.29. The maximum atomic E-state index is 14.1. The summed E-state index contributed by atoms with van der Waals surface area (Å²) in [7, 11) is 2.82. The predicted octanol–water partition coefficient (Wildman–Crippen LogP) is 3.50. The lowest BCUT2D eigenvalue weighted by Gasteiger charge is -2.45. The Bertz CT molecular complexity index is 1130. The number of alkyl halides is 2. The van der Waals surface area contributed by atoms with Gasteiger partial charge in [0.1, 0.15) is 11.2 Å². The van der Waals surface area contributed by atoms with E-state index in [4.69, 9.17) is 4.74 Å². The molecule has 37 heavy (non-hydrogen) atoms. The van der Waals surface area contributed by atoms with Gasteiger partial charge in [0.15, 0.2) is 0 Å². The van der Waals surface area contributed by atoms with Gasteiger partial charge in [-0.05, 0) is 48.8 Å². The number of benzene rings is 1. The summed E-state index contributed by atoms with van der Waals surface area (Å²) in [5.41, 5.74) is -0.604. The summed E-state index contributed by atoms with van der Waals surface area (Å²) in [6, 6.07) is 10.3. The molecule has 3 N–H and O–H groups in total. The molecule has 0 spiro atoms. The lowest BCUT2D eigenvalue weighted by molar-refractivity contribution is -0.134. The standard InChI is InChI=1S/C26H32F2N4O5/c1-16(2)17-7-5-6-8-18(17)25(11-13-26(14-12-25,30-15-33)23(35)29-3)22(34)31-19-9-10-20(36-4)32-21(19)37-24(27)28/h5-10,15-16,24H,11-14H2,1-4H3,(H,29,35)(H,30,33)(H,31,34). The van der Waals surface area contributed by atoms with E-state index < -0.39 is 29.4 Å². The molecule has 0 bridgehead atoms. The maximum Gasteiger partial charge on any atom is 0.388 e. The Morgan fingerprint density at radius 2 is 1.73 bits per heavy atom. The van der Waals surface area contributed by atoms with Crippen LogP contribution in [0.25, 0.3) is 0 Å². The highest BCUT2D eigenvalue weighted by molar-refractivity contribution is 6.01. The number of ether oxygens (including phenoxy) is 2. The second kappa shape index (κ2) is 11.5. The molecule has 1 aromatic heterocycles. The number of nitrogens with zero attached hydrogens (tertiary/aromatic N) is 1. The molecule has 2 aromatic rings. The van der Waals surface area contributed by atoms with Gasteiger partial charge in [-0.1, -0.05) is 38.1 Å². The van der Waals surface area contributed by atoms with Gasteiger partial charge in [0.2, 0.25) is 30.0 Å². The number of rotatable bonds is 10. The van der Waals surface area contributed by atoms with Crippen LogP contribution in [0, 0.1) is 0 Å². The monoisotopic (exact) mass is 518 g/mol. The predicted molar refractivity (Wildman–Crippen MR) is 133 cm³/mol. The third-order valence-corrected chi connectivity index (χ3v) is 6.98. The number of nitrogens with one attached hydrogen (secondary N) is 3. The molecule has 1 fully saturated rings. The van der Waals surface area contributed by atoms with Crippen molar-refractivity contribution in [3.8, 4) is 11.8 Å². The van der Waals surface area contributed by atoms with Crippen LogP contribution in [0.15, 0.2) is 36.4 Å². The number of hydrogen-bond donors (Lipinski definition) is 3. The number of anilines is 1. The van der Waals surface area contributed by atoms with E-state index in [-0.39, 0.29) is 49.1 Å². The van der Waals surface area contributed by atoms with Crippen molar-refractivity contribution < 1.29 is 32.6 Å². The lowest BCUT2D eigenvalue weighted by atomic mass is 9.62. The molecule has 3 rings (SSSR count). The summed E-state index contributed by atoms with van der Waals surface area (Å²) in [5, 5.41) is 7.99.